The molecule has 146 valence electrons. The Morgan fingerprint density at radius 2 is 1.60 bits per heavy atom. The molecular weight excluding hydrogens is 374 g/mol. The van der Waals surface area contributed by atoms with Crippen molar-refractivity contribution in [3.8, 4) is 11.3 Å². The van der Waals surface area contributed by atoms with Gasteiger partial charge < -0.3 is 4.98 Å². The third kappa shape index (κ3) is 3.58. The largest absolute Gasteiger partial charge is 0.324 e. The Labute approximate surface area is 173 Å². The van der Waals surface area contributed by atoms with Gasteiger partial charge in [-0.15, -0.1) is 0 Å². The number of amides is 1. The van der Waals surface area contributed by atoms with Crippen LogP contribution in [0.15, 0.2) is 91.1 Å². The van der Waals surface area contributed by atoms with Gasteiger partial charge in [0.1, 0.15) is 5.69 Å². The maximum atomic E-state index is 13.1. The van der Waals surface area contributed by atoms with Crippen LogP contribution in [0.25, 0.3) is 22.3 Å². The van der Waals surface area contributed by atoms with Gasteiger partial charge in [-0.1, -0.05) is 72.8 Å². The van der Waals surface area contributed by atoms with Gasteiger partial charge in [0.05, 0.1) is 23.1 Å². The number of rotatable bonds is 5. The predicted octanol–water partition coefficient (Wildman–Crippen LogP) is 4.73. The summed E-state index contributed by atoms with van der Waals surface area (Å²) in [5.41, 5.74) is 4.81. The summed E-state index contributed by atoms with van der Waals surface area (Å²) in [6.07, 6.45) is 1.79. The van der Waals surface area contributed by atoms with Gasteiger partial charge in [0, 0.05) is 11.8 Å². The fraction of sp³-hybridized carbons (Fsp3) is 0.0417. The van der Waals surface area contributed by atoms with Gasteiger partial charge in [-0.3, -0.25) is 14.8 Å². The summed E-state index contributed by atoms with van der Waals surface area (Å²) in [5, 5.41) is 7.58. The highest BCUT2D eigenvalue weighted by Gasteiger charge is 2.19. The molecule has 3 aromatic carbocycles. The molecule has 2 aromatic heterocycles. The van der Waals surface area contributed by atoms with Gasteiger partial charge >= 0.3 is 0 Å². The Kier molecular flexibility index (Phi) is 4.57. The third-order valence-corrected chi connectivity index (χ3v) is 4.86. The zero-order valence-electron chi connectivity index (χ0n) is 16.1. The first kappa shape index (κ1) is 17.9. The number of aromatic amines is 1. The van der Waals surface area contributed by atoms with Crippen molar-refractivity contribution < 1.29 is 4.79 Å². The number of aromatic nitrogens is 4. The molecule has 1 amide bonds. The second kappa shape index (κ2) is 7.67. The van der Waals surface area contributed by atoms with E-state index in [0.29, 0.717) is 23.8 Å². The van der Waals surface area contributed by atoms with Gasteiger partial charge in [0.2, 0.25) is 5.95 Å². The monoisotopic (exact) mass is 393 g/mol. The zero-order chi connectivity index (χ0) is 20.3. The number of benzene rings is 3. The fourth-order valence-electron chi connectivity index (χ4n) is 3.44. The molecule has 0 saturated carbocycles. The van der Waals surface area contributed by atoms with Crippen LogP contribution in [0.3, 0.4) is 0 Å². The highest BCUT2D eigenvalue weighted by atomic mass is 16.1. The molecule has 0 aliphatic carbocycles. The number of fused-ring (bicyclic) bond motifs is 1. The first-order chi connectivity index (χ1) is 14.8. The van der Waals surface area contributed by atoms with E-state index in [-0.39, 0.29) is 5.91 Å². The molecule has 0 fully saturated rings. The predicted molar refractivity (Wildman–Crippen MR) is 117 cm³/mol. The fourth-order valence-corrected chi connectivity index (χ4v) is 3.44. The Balaban J connectivity index is 1.49. The number of anilines is 1. The molecule has 5 rings (SSSR count). The van der Waals surface area contributed by atoms with E-state index in [1.165, 1.54) is 0 Å². The minimum absolute atomic E-state index is 0.257. The Hall–Kier alpha value is -4.19. The zero-order valence-corrected chi connectivity index (χ0v) is 16.1. The van der Waals surface area contributed by atoms with Crippen molar-refractivity contribution >= 4 is 22.9 Å². The molecule has 2 heterocycles. The van der Waals surface area contributed by atoms with Gasteiger partial charge in [-0.25, -0.2) is 4.98 Å². The van der Waals surface area contributed by atoms with Gasteiger partial charge in [-0.05, 0) is 17.7 Å². The van der Waals surface area contributed by atoms with Crippen LogP contribution in [-0.4, -0.2) is 25.7 Å². The molecule has 0 bridgehead atoms. The molecule has 30 heavy (non-hydrogen) atoms. The van der Waals surface area contributed by atoms with Crippen molar-refractivity contribution in [1.82, 2.24) is 19.7 Å². The molecule has 0 aliphatic rings. The van der Waals surface area contributed by atoms with Crippen LogP contribution >= 0.6 is 0 Å². The van der Waals surface area contributed by atoms with Crippen LogP contribution in [0.1, 0.15) is 15.9 Å². The lowest BCUT2D eigenvalue weighted by atomic mass is 10.1. The van der Waals surface area contributed by atoms with Crippen molar-refractivity contribution in [1.29, 1.82) is 0 Å². The topological polar surface area (TPSA) is 75.6 Å². The van der Waals surface area contributed by atoms with Gasteiger partial charge in [0.25, 0.3) is 5.91 Å². The number of nitrogens with zero attached hydrogens (tertiary/aromatic N) is 3. The number of carbonyl (C=O) groups excluding carboxylic acids is 1. The van der Waals surface area contributed by atoms with Gasteiger partial charge in [-0.2, -0.15) is 5.10 Å². The maximum Gasteiger partial charge on any atom is 0.261 e. The van der Waals surface area contributed by atoms with Crippen LogP contribution in [0.4, 0.5) is 5.95 Å². The molecular formula is C24H19N5O. The normalized spacial score (nSPS) is 10.9. The van der Waals surface area contributed by atoms with Crippen LogP contribution in [0.2, 0.25) is 0 Å². The van der Waals surface area contributed by atoms with E-state index >= 15 is 0 Å². The minimum Gasteiger partial charge on any atom is -0.324 e. The summed E-state index contributed by atoms with van der Waals surface area (Å²) in [5.74, 6) is 0.156. The molecule has 0 aliphatic heterocycles. The summed E-state index contributed by atoms with van der Waals surface area (Å²) in [6, 6.07) is 27.4. The molecule has 5 aromatic rings. The lowest BCUT2D eigenvalue weighted by Crippen LogP contribution is -2.13. The molecule has 0 spiro atoms. The highest BCUT2D eigenvalue weighted by Crippen LogP contribution is 2.23. The molecule has 0 saturated heterocycles. The van der Waals surface area contributed by atoms with E-state index in [9.17, 15) is 4.79 Å². The van der Waals surface area contributed by atoms with Crippen molar-refractivity contribution in [3.63, 3.8) is 0 Å². The first-order valence-electron chi connectivity index (χ1n) is 9.69. The molecule has 6 heteroatoms. The van der Waals surface area contributed by atoms with Crippen LogP contribution in [0, 0.1) is 0 Å². The Bertz CT molecular complexity index is 1270. The SMILES string of the molecule is O=C(Nc1nc2ccccc2[nH]1)c1cn(Cc2ccccc2)nc1-c1ccccc1. The van der Waals surface area contributed by atoms with Crippen molar-refractivity contribution in [2.45, 2.75) is 6.54 Å². The quantitative estimate of drug-likeness (QED) is 0.453. The number of imidazole rings is 1. The average molecular weight is 393 g/mol. The number of H-pyrrole nitrogens is 1. The number of carbonyl (C=O) groups is 1. The average Bonchev–Trinajstić information content (AvgIpc) is 3.39. The van der Waals surface area contributed by atoms with Gasteiger partial charge in [0.15, 0.2) is 0 Å². The number of hydrogen-bond acceptors (Lipinski definition) is 3. The maximum absolute atomic E-state index is 13.1. The summed E-state index contributed by atoms with van der Waals surface area (Å²) < 4.78 is 1.80. The second-order valence-electron chi connectivity index (χ2n) is 7.00. The number of nitrogens with one attached hydrogen (secondary N) is 2. The molecule has 2 N–H and O–H groups in total. The molecule has 0 radical (unpaired) electrons. The van der Waals surface area contributed by atoms with Crippen LogP contribution in [-0.2, 0) is 6.54 Å². The highest BCUT2D eigenvalue weighted by molar-refractivity contribution is 6.07. The van der Waals surface area contributed by atoms with Crippen molar-refractivity contribution in [3.05, 3.63) is 102 Å². The lowest BCUT2D eigenvalue weighted by molar-refractivity contribution is 0.102. The Morgan fingerprint density at radius 3 is 2.37 bits per heavy atom. The van der Waals surface area contributed by atoms with E-state index in [4.69, 9.17) is 5.10 Å². The Morgan fingerprint density at radius 1 is 0.900 bits per heavy atom. The van der Waals surface area contributed by atoms with E-state index < -0.39 is 0 Å². The van der Waals surface area contributed by atoms with Crippen molar-refractivity contribution in [2.75, 3.05) is 5.32 Å². The van der Waals surface area contributed by atoms with E-state index in [1.54, 1.807) is 10.9 Å². The molecule has 0 atom stereocenters. The standard InChI is InChI=1S/C24H19N5O/c30-23(27-24-25-20-13-7-8-14-21(20)26-24)19-16-29(15-17-9-3-1-4-10-17)28-22(19)18-11-5-2-6-12-18/h1-14,16H,15H2,(H2,25,26,27,30). The summed E-state index contributed by atoms with van der Waals surface area (Å²) in [4.78, 5) is 20.7. The van der Waals surface area contributed by atoms with Crippen LogP contribution < -0.4 is 5.32 Å². The molecule has 6 nitrogen and oxygen atoms in total. The van der Waals surface area contributed by atoms with E-state index in [1.807, 2.05) is 84.9 Å². The summed E-state index contributed by atoms with van der Waals surface area (Å²) >= 11 is 0. The van der Waals surface area contributed by atoms with Crippen LogP contribution in [0.5, 0.6) is 0 Å². The summed E-state index contributed by atoms with van der Waals surface area (Å²) in [7, 11) is 0. The number of para-hydroxylation sites is 2. The first-order valence-corrected chi connectivity index (χ1v) is 9.69. The minimum atomic E-state index is -0.257. The smallest absolute Gasteiger partial charge is 0.261 e. The second-order valence-corrected chi connectivity index (χ2v) is 7.00. The molecule has 0 unspecified atom stereocenters. The summed E-state index contributed by atoms with van der Waals surface area (Å²) in [6.45, 7) is 0.582. The lowest BCUT2D eigenvalue weighted by Gasteiger charge is -2.02. The number of hydrogen-bond donors (Lipinski definition) is 2. The third-order valence-electron chi connectivity index (χ3n) is 4.86. The van der Waals surface area contributed by atoms with Crippen molar-refractivity contribution in [2.24, 2.45) is 0 Å². The van der Waals surface area contributed by atoms with E-state index in [0.717, 1.165) is 22.2 Å². The van der Waals surface area contributed by atoms with E-state index in [2.05, 4.69) is 15.3 Å².